The zero-order valence-electron chi connectivity index (χ0n) is 10.0. The van der Waals surface area contributed by atoms with Gasteiger partial charge in [-0.1, -0.05) is 18.2 Å². The fourth-order valence-electron chi connectivity index (χ4n) is 2.09. The molecule has 2 rings (SSSR count). The fourth-order valence-corrected chi connectivity index (χ4v) is 2.09. The van der Waals surface area contributed by atoms with E-state index < -0.39 is 0 Å². The summed E-state index contributed by atoms with van der Waals surface area (Å²) in [6.07, 6.45) is 2.86. The first-order valence-electron chi connectivity index (χ1n) is 5.64. The number of fused-ring (bicyclic) bond motifs is 1. The Morgan fingerprint density at radius 1 is 1.53 bits per heavy atom. The standard InChI is InChI=1S/C13H16N2O2/c1-3-17-12-8-7-9-10(12)5-4-6-11(9)13(14-2)15-16/h4-6,8,16H,3,7H2,1-2H3,(H,14,15). The lowest BCUT2D eigenvalue weighted by atomic mass is 10.0. The molecule has 1 aromatic carbocycles. The van der Waals surface area contributed by atoms with Crippen molar-refractivity contribution in [3.63, 3.8) is 0 Å². The summed E-state index contributed by atoms with van der Waals surface area (Å²) in [5.74, 6) is 1.39. The molecule has 0 heterocycles. The second-order valence-electron chi connectivity index (χ2n) is 3.72. The summed E-state index contributed by atoms with van der Waals surface area (Å²) in [5, 5.41) is 9.05. The molecular formula is C13H16N2O2. The molecule has 0 fully saturated rings. The minimum Gasteiger partial charge on any atom is -0.494 e. The van der Waals surface area contributed by atoms with Crippen LogP contribution in [0.15, 0.2) is 29.3 Å². The van der Waals surface area contributed by atoms with Crippen molar-refractivity contribution in [2.45, 2.75) is 13.3 Å². The lowest BCUT2D eigenvalue weighted by Gasteiger charge is -2.11. The molecule has 2 N–H and O–H groups in total. The van der Waals surface area contributed by atoms with E-state index in [1.165, 1.54) is 0 Å². The van der Waals surface area contributed by atoms with Gasteiger partial charge in [-0.05, 0) is 25.0 Å². The summed E-state index contributed by atoms with van der Waals surface area (Å²) in [7, 11) is 1.64. The van der Waals surface area contributed by atoms with Crippen LogP contribution in [-0.2, 0) is 11.2 Å². The predicted octanol–water partition coefficient (Wildman–Crippen LogP) is 1.98. The molecule has 1 aromatic rings. The molecule has 0 spiro atoms. The Morgan fingerprint density at radius 2 is 2.35 bits per heavy atom. The second kappa shape index (κ2) is 5.01. The van der Waals surface area contributed by atoms with Crippen molar-refractivity contribution in [3.05, 3.63) is 41.0 Å². The number of hydrogen-bond donors (Lipinski definition) is 2. The Balaban J connectivity index is 2.42. The smallest absolute Gasteiger partial charge is 0.152 e. The zero-order chi connectivity index (χ0) is 12.3. The number of amidine groups is 1. The molecule has 4 nitrogen and oxygen atoms in total. The van der Waals surface area contributed by atoms with Crippen LogP contribution in [0.4, 0.5) is 0 Å². The van der Waals surface area contributed by atoms with Crippen molar-refractivity contribution in [2.24, 2.45) is 4.99 Å². The number of hydrogen-bond acceptors (Lipinski definition) is 3. The highest BCUT2D eigenvalue weighted by Crippen LogP contribution is 2.30. The SMILES string of the molecule is CCOC1=CCc2c1cccc2C(=NC)NO. The number of ether oxygens (including phenoxy) is 1. The number of rotatable bonds is 3. The van der Waals surface area contributed by atoms with E-state index in [0.29, 0.717) is 12.4 Å². The summed E-state index contributed by atoms with van der Waals surface area (Å²) < 4.78 is 5.57. The van der Waals surface area contributed by atoms with Gasteiger partial charge in [-0.25, -0.2) is 0 Å². The maximum atomic E-state index is 9.05. The Morgan fingerprint density at radius 3 is 3.00 bits per heavy atom. The molecule has 4 heteroatoms. The molecule has 90 valence electrons. The van der Waals surface area contributed by atoms with E-state index in [1.807, 2.05) is 25.1 Å². The Hall–Kier alpha value is -1.81. The Bertz CT molecular complexity index is 478. The zero-order valence-corrected chi connectivity index (χ0v) is 10.0. The molecule has 17 heavy (non-hydrogen) atoms. The third kappa shape index (κ3) is 2.03. The van der Waals surface area contributed by atoms with E-state index in [1.54, 1.807) is 7.05 Å². The lowest BCUT2D eigenvalue weighted by Crippen LogP contribution is -2.21. The molecule has 1 aliphatic carbocycles. The fraction of sp³-hybridized carbons (Fsp3) is 0.308. The van der Waals surface area contributed by atoms with Gasteiger partial charge in [0.2, 0.25) is 0 Å². The van der Waals surface area contributed by atoms with E-state index in [9.17, 15) is 0 Å². The highest BCUT2D eigenvalue weighted by molar-refractivity contribution is 6.00. The van der Waals surface area contributed by atoms with Gasteiger partial charge in [0.05, 0.1) is 6.61 Å². The number of nitrogens with zero attached hydrogens (tertiary/aromatic N) is 1. The summed E-state index contributed by atoms with van der Waals surface area (Å²) in [4.78, 5) is 4.02. The maximum Gasteiger partial charge on any atom is 0.152 e. The molecule has 0 aromatic heterocycles. The monoisotopic (exact) mass is 232 g/mol. The van der Waals surface area contributed by atoms with Crippen LogP contribution in [0, 0.1) is 0 Å². The third-order valence-electron chi connectivity index (χ3n) is 2.82. The third-order valence-corrected chi connectivity index (χ3v) is 2.82. The van der Waals surface area contributed by atoms with Gasteiger partial charge >= 0.3 is 0 Å². The number of nitrogens with one attached hydrogen (secondary N) is 1. The molecule has 0 saturated heterocycles. The average molecular weight is 232 g/mol. The first-order chi connectivity index (χ1) is 8.31. The summed E-state index contributed by atoms with van der Waals surface area (Å²) >= 11 is 0. The van der Waals surface area contributed by atoms with Crippen LogP contribution >= 0.6 is 0 Å². The summed E-state index contributed by atoms with van der Waals surface area (Å²) in [5.41, 5.74) is 5.27. The van der Waals surface area contributed by atoms with Gasteiger partial charge in [0.25, 0.3) is 0 Å². The Labute approximate surface area is 101 Å². The number of hydroxylamine groups is 1. The van der Waals surface area contributed by atoms with Gasteiger partial charge in [-0.3, -0.25) is 15.7 Å². The quantitative estimate of drug-likeness (QED) is 0.476. The van der Waals surface area contributed by atoms with E-state index in [2.05, 4.69) is 16.5 Å². The lowest BCUT2D eigenvalue weighted by molar-refractivity contribution is 0.235. The molecule has 0 radical (unpaired) electrons. The molecular weight excluding hydrogens is 216 g/mol. The van der Waals surface area contributed by atoms with Gasteiger partial charge in [-0.2, -0.15) is 0 Å². The predicted molar refractivity (Wildman–Crippen MR) is 67.1 cm³/mol. The number of benzene rings is 1. The van der Waals surface area contributed by atoms with Crippen molar-refractivity contribution < 1.29 is 9.94 Å². The van der Waals surface area contributed by atoms with Gasteiger partial charge < -0.3 is 4.74 Å². The van der Waals surface area contributed by atoms with Gasteiger partial charge in [-0.15, -0.1) is 0 Å². The maximum absolute atomic E-state index is 9.05. The molecule has 0 aliphatic heterocycles. The van der Waals surface area contributed by atoms with Crippen molar-refractivity contribution in [3.8, 4) is 0 Å². The largest absolute Gasteiger partial charge is 0.494 e. The topological polar surface area (TPSA) is 53.8 Å². The van der Waals surface area contributed by atoms with E-state index >= 15 is 0 Å². The minimum atomic E-state index is 0.480. The molecule has 0 amide bonds. The van der Waals surface area contributed by atoms with Crippen LogP contribution in [0.5, 0.6) is 0 Å². The van der Waals surface area contributed by atoms with Crippen LogP contribution in [0.1, 0.15) is 23.6 Å². The van der Waals surface area contributed by atoms with Crippen LogP contribution in [0.2, 0.25) is 0 Å². The average Bonchev–Trinajstić information content (AvgIpc) is 2.76. The van der Waals surface area contributed by atoms with Gasteiger partial charge in [0, 0.05) is 18.2 Å². The van der Waals surface area contributed by atoms with E-state index in [0.717, 1.165) is 28.9 Å². The normalized spacial score (nSPS) is 14.3. The first kappa shape index (κ1) is 11.7. The van der Waals surface area contributed by atoms with E-state index in [4.69, 9.17) is 9.94 Å². The van der Waals surface area contributed by atoms with Gasteiger partial charge in [0.1, 0.15) is 5.76 Å². The molecule has 0 unspecified atom stereocenters. The molecule has 0 bridgehead atoms. The Kier molecular flexibility index (Phi) is 3.44. The van der Waals surface area contributed by atoms with Crippen LogP contribution < -0.4 is 5.48 Å². The van der Waals surface area contributed by atoms with Crippen LogP contribution in [0.25, 0.3) is 5.76 Å². The highest BCUT2D eigenvalue weighted by atomic mass is 16.5. The van der Waals surface area contributed by atoms with Crippen molar-refractivity contribution >= 4 is 11.6 Å². The van der Waals surface area contributed by atoms with Crippen LogP contribution in [0.3, 0.4) is 0 Å². The van der Waals surface area contributed by atoms with Crippen molar-refractivity contribution in [1.82, 2.24) is 5.48 Å². The summed E-state index contributed by atoms with van der Waals surface area (Å²) in [6.45, 7) is 2.62. The van der Waals surface area contributed by atoms with Gasteiger partial charge in [0.15, 0.2) is 5.84 Å². The minimum absolute atomic E-state index is 0.480. The first-order valence-corrected chi connectivity index (χ1v) is 5.64. The van der Waals surface area contributed by atoms with Crippen molar-refractivity contribution in [2.75, 3.05) is 13.7 Å². The van der Waals surface area contributed by atoms with Crippen molar-refractivity contribution in [1.29, 1.82) is 0 Å². The molecule has 0 atom stereocenters. The highest BCUT2D eigenvalue weighted by Gasteiger charge is 2.19. The number of aliphatic imine (C=N–C) groups is 1. The molecule has 1 aliphatic rings. The second-order valence-corrected chi connectivity index (χ2v) is 3.72. The van der Waals surface area contributed by atoms with E-state index in [-0.39, 0.29) is 0 Å². The summed E-state index contributed by atoms with van der Waals surface area (Å²) in [6, 6.07) is 5.90. The number of allylic oxidation sites excluding steroid dienone is 1. The van der Waals surface area contributed by atoms with Crippen LogP contribution in [-0.4, -0.2) is 24.7 Å². The molecule has 0 saturated carbocycles.